The summed E-state index contributed by atoms with van der Waals surface area (Å²) in [5, 5.41) is 19.2. The maximum absolute atomic E-state index is 10.6. The normalized spacial score (nSPS) is 14.8. The Morgan fingerprint density at radius 3 is 2.64 bits per heavy atom. The Morgan fingerprint density at radius 2 is 1.88 bits per heavy atom. The average Bonchev–Trinajstić information content (AvgIpc) is 3.04. The predicted molar refractivity (Wildman–Crippen MR) is 101 cm³/mol. The molecule has 0 atom stereocenters. The summed E-state index contributed by atoms with van der Waals surface area (Å²) >= 11 is 0. The van der Waals surface area contributed by atoms with Crippen LogP contribution in [0, 0.1) is 19.3 Å². The van der Waals surface area contributed by atoms with E-state index in [1.165, 1.54) is 0 Å². The van der Waals surface area contributed by atoms with Gasteiger partial charge in [-0.05, 0) is 43.2 Å². The van der Waals surface area contributed by atoms with Crippen molar-refractivity contribution in [3.63, 3.8) is 0 Å². The van der Waals surface area contributed by atoms with Crippen LogP contribution in [0.15, 0.2) is 48.2 Å². The number of imidazole rings is 1. The van der Waals surface area contributed by atoms with Crippen LogP contribution in [0.3, 0.4) is 0 Å². The molecular weight excluding hydrogens is 312 g/mol. The maximum atomic E-state index is 10.6. The number of amidine groups is 1. The molecule has 0 amide bonds. The van der Waals surface area contributed by atoms with Gasteiger partial charge in [-0.3, -0.25) is 5.41 Å². The van der Waals surface area contributed by atoms with Crippen LogP contribution < -0.4 is 4.90 Å². The Bertz CT molecular complexity index is 1050. The summed E-state index contributed by atoms with van der Waals surface area (Å²) in [5.74, 6) is 1.09. The Labute approximate surface area is 146 Å². The first-order valence-electron chi connectivity index (χ1n) is 8.25. The number of aliphatic hydroxyl groups is 1. The first-order valence-corrected chi connectivity index (χ1v) is 8.25. The second kappa shape index (κ2) is 5.48. The monoisotopic (exact) mass is 332 g/mol. The molecule has 1 aliphatic rings. The third-order valence-corrected chi connectivity index (χ3v) is 4.77. The molecule has 126 valence electrons. The van der Waals surface area contributed by atoms with Gasteiger partial charge in [-0.2, -0.15) is 0 Å². The summed E-state index contributed by atoms with van der Waals surface area (Å²) in [7, 11) is 1.92. The fraction of sp³-hybridized carbons (Fsp3) is 0.200. The van der Waals surface area contributed by atoms with Gasteiger partial charge in [-0.15, -0.1) is 0 Å². The highest BCUT2D eigenvalue weighted by atomic mass is 16.3. The zero-order chi connectivity index (χ0) is 17.7. The highest BCUT2D eigenvalue weighted by molar-refractivity contribution is 6.30. The second-order valence-corrected chi connectivity index (χ2v) is 6.53. The molecule has 3 aromatic rings. The minimum absolute atomic E-state index is 0.184. The van der Waals surface area contributed by atoms with Gasteiger partial charge in [0.2, 0.25) is 0 Å². The number of fused-ring (bicyclic) bond motifs is 1. The summed E-state index contributed by atoms with van der Waals surface area (Å²) in [4.78, 5) is 6.51. The summed E-state index contributed by atoms with van der Waals surface area (Å²) in [5.41, 5.74) is 5.51. The lowest BCUT2D eigenvalue weighted by Gasteiger charge is -2.20. The van der Waals surface area contributed by atoms with Crippen LogP contribution in [0.4, 0.5) is 5.69 Å². The second-order valence-electron chi connectivity index (χ2n) is 6.53. The van der Waals surface area contributed by atoms with Gasteiger partial charge >= 0.3 is 0 Å². The van der Waals surface area contributed by atoms with Gasteiger partial charge in [0.15, 0.2) is 0 Å². The lowest BCUT2D eigenvalue weighted by atomic mass is 10.1. The van der Waals surface area contributed by atoms with Gasteiger partial charge in [-0.25, -0.2) is 4.98 Å². The van der Waals surface area contributed by atoms with Gasteiger partial charge in [0.25, 0.3) is 0 Å². The Kier molecular flexibility index (Phi) is 3.39. The summed E-state index contributed by atoms with van der Waals surface area (Å²) in [6.07, 6.45) is 0. The Morgan fingerprint density at radius 1 is 1.12 bits per heavy atom. The molecule has 0 fully saturated rings. The van der Waals surface area contributed by atoms with Gasteiger partial charge in [0.1, 0.15) is 17.4 Å². The molecule has 5 heteroatoms. The highest BCUT2D eigenvalue weighted by Crippen LogP contribution is 2.33. The molecule has 0 aliphatic carbocycles. The van der Waals surface area contributed by atoms with Crippen molar-refractivity contribution in [1.82, 2.24) is 9.55 Å². The molecule has 0 unspecified atom stereocenters. The lowest BCUT2D eigenvalue weighted by molar-refractivity contribution is 0.411. The molecule has 1 aromatic heterocycles. The number of hydrogen-bond donors (Lipinski definition) is 2. The van der Waals surface area contributed by atoms with E-state index in [0.29, 0.717) is 17.9 Å². The van der Waals surface area contributed by atoms with Gasteiger partial charge in [-0.1, -0.05) is 24.3 Å². The zero-order valence-electron chi connectivity index (χ0n) is 14.5. The highest BCUT2D eigenvalue weighted by Gasteiger charge is 2.32. The topological polar surface area (TPSA) is 65.1 Å². The minimum atomic E-state index is 0.184. The van der Waals surface area contributed by atoms with Crippen LogP contribution in [0.2, 0.25) is 0 Å². The Balaban J connectivity index is 1.81. The number of benzene rings is 2. The van der Waals surface area contributed by atoms with Crippen LogP contribution in [-0.4, -0.2) is 27.0 Å². The van der Waals surface area contributed by atoms with Crippen LogP contribution in [0.25, 0.3) is 16.6 Å². The summed E-state index contributed by atoms with van der Waals surface area (Å²) < 4.78 is 1.94. The predicted octanol–water partition coefficient (Wildman–Crippen LogP) is 3.96. The number of rotatable bonds is 2. The largest absolute Gasteiger partial charge is 0.509 e. The number of nitrogens with zero attached hydrogens (tertiary/aromatic N) is 3. The zero-order valence-corrected chi connectivity index (χ0v) is 14.5. The molecule has 2 N–H and O–H groups in total. The van der Waals surface area contributed by atoms with Gasteiger partial charge < -0.3 is 14.6 Å². The van der Waals surface area contributed by atoms with E-state index in [4.69, 9.17) is 5.41 Å². The van der Waals surface area contributed by atoms with Crippen molar-refractivity contribution in [1.29, 1.82) is 5.41 Å². The number of hydrogen-bond acceptors (Lipinski definition) is 3. The quantitative estimate of drug-likeness (QED) is 0.746. The fourth-order valence-corrected chi connectivity index (χ4v) is 3.42. The number of para-hydroxylation sites is 1. The number of nitrogens with one attached hydrogen (secondary N) is 1. The van der Waals surface area contributed by atoms with Gasteiger partial charge in [0, 0.05) is 12.7 Å². The number of aromatic nitrogens is 2. The van der Waals surface area contributed by atoms with Crippen LogP contribution in [-0.2, 0) is 7.05 Å². The summed E-state index contributed by atoms with van der Waals surface area (Å²) in [6.45, 7) is 4.33. The van der Waals surface area contributed by atoms with E-state index in [2.05, 4.69) is 4.98 Å². The van der Waals surface area contributed by atoms with Crippen LogP contribution in [0.5, 0.6) is 0 Å². The van der Waals surface area contributed by atoms with Crippen molar-refractivity contribution in [3.8, 4) is 0 Å². The standard InChI is InChI=1S/C20H20N4O/c1-12-8-9-16-14(10-12)22-20(23(16)3)18-17(25)11-24(19(18)21)15-7-5-4-6-13(15)2/h4-10,21,25H,11H2,1-3H3. The molecule has 5 nitrogen and oxygen atoms in total. The van der Waals surface area contributed by atoms with Crippen molar-refractivity contribution < 1.29 is 5.11 Å². The fourth-order valence-electron chi connectivity index (χ4n) is 3.42. The number of anilines is 1. The SMILES string of the molecule is Cc1ccc2c(c1)nc(C1=C(O)CN(c3ccccc3C)C1=N)n2C. The molecule has 2 heterocycles. The maximum Gasteiger partial charge on any atom is 0.148 e. The van der Waals surface area contributed by atoms with E-state index in [0.717, 1.165) is 27.8 Å². The van der Waals surface area contributed by atoms with E-state index in [9.17, 15) is 5.11 Å². The molecule has 0 saturated heterocycles. The van der Waals surface area contributed by atoms with Crippen LogP contribution >= 0.6 is 0 Å². The van der Waals surface area contributed by atoms with E-state index < -0.39 is 0 Å². The van der Waals surface area contributed by atoms with E-state index >= 15 is 0 Å². The van der Waals surface area contributed by atoms with Crippen molar-refractivity contribution in [2.75, 3.05) is 11.4 Å². The van der Waals surface area contributed by atoms with Crippen molar-refractivity contribution >= 4 is 28.1 Å². The lowest BCUT2D eigenvalue weighted by Crippen LogP contribution is -2.27. The van der Waals surface area contributed by atoms with Crippen LogP contribution in [0.1, 0.15) is 17.0 Å². The van der Waals surface area contributed by atoms with Gasteiger partial charge in [0.05, 0.1) is 23.2 Å². The van der Waals surface area contributed by atoms with E-state index in [1.807, 2.05) is 72.8 Å². The van der Waals surface area contributed by atoms with Crippen molar-refractivity contribution in [2.45, 2.75) is 13.8 Å². The third kappa shape index (κ3) is 2.31. The van der Waals surface area contributed by atoms with E-state index in [1.54, 1.807) is 0 Å². The average molecular weight is 332 g/mol. The molecule has 4 rings (SSSR count). The molecule has 0 saturated carbocycles. The van der Waals surface area contributed by atoms with Crippen molar-refractivity contribution in [2.24, 2.45) is 7.05 Å². The summed E-state index contributed by atoms with van der Waals surface area (Å²) in [6, 6.07) is 14.0. The third-order valence-electron chi connectivity index (χ3n) is 4.77. The molecule has 2 aromatic carbocycles. The molecule has 1 aliphatic heterocycles. The van der Waals surface area contributed by atoms with Crippen molar-refractivity contribution in [3.05, 3.63) is 65.2 Å². The molecule has 0 radical (unpaired) electrons. The first-order chi connectivity index (χ1) is 12.0. The minimum Gasteiger partial charge on any atom is -0.509 e. The molecule has 0 spiro atoms. The number of aryl methyl sites for hydroxylation is 3. The van der Waals surface area contributed by atoms with E-state index in [-0.39, 0.29) is 11.6 Å². The molecular formula is C20H20N4O. The Hall–Kier alpha value is -3.08. The molecule has 25 heavy (non-hydrogen) atoms. The number of aliphatic hydroxyl groups excluding tert-OH is 1. The first kappa shape index (κ1) is 15.4. The smallest absolute Gasteiger partial charge is 0.148 e. The molecule has 0 bridgehead atoms.